The minimum atomic E-state index is -0.0433. The average molecular weight is 291 g/mol. The Morgan fingerprint density at radius 1 is 1.33 bits per heavy atom. The van der Waals surface area contributed by atoms with Crippen LogP contribution in [0.2, 0.25) is 0 Å². The fraction of sp³-hybridized carbons (Fsp3) is 0.706. The van der Waals surface area contributed by atoms with Crippen LogP contribution < -0.4 is 10.5 Å². The molecule has 2 unspecified atom stereocenters. The lowest BCUT2D eigenvalue weighted by Crippen LogP contribution is -2.51. The fourth-order valence-electron chi connectivity index (χ4n) is 3.13. The second-order valence-corrected chi connectivity index (χ2v) is 6.18. The highest BCUT2D eigenvalue weighted by atomic mass is 16.5. The Labute approximate surface area is 128 Å². The van der Waals surface area contributed by atoms with Gasteiger partial charge < -0.3 is 10.5 Å². The third-order valence-corrected chi connectivity index (χ3v) is 4.78. The highest BCUT2D eigenvalue weighted by Crippen LogP contribution is 2.35. The summed E-state index contributed by atoms with van der Waals surface area (Å²) < 4.78 is 5.69. The van der Waals surface area contributed by atoms with E-state index < -0.39 is 0 Å². The van der Waals surface area contributed by atoms with E-state index in [0.717, 1.165) is 43.9 Å². The number of hydrogen-bond donors (Lipinski definition) is 1. The minimum Gasteiger partial charge on any atom is -0.492 e. The van der Waals surface area contributed by atoms with E-state index in [2.05, 4.69) is 36.7 Å². The molecule has 1 aliphatic heterocycles. The van der Waals surface area contributed by atoms with Crippen LogP contribution in [0.15, 0.2) is 18.5 Å². The minimum absolute atomic E-state index is 0.0123. The molecule has 2 atom stereocenters. The zero-order valence-electron chi connectivity index (χ0n) is 13.6. The number of ether oxygens (including phenoxy) is 1. The largest absolute Gasteiger partial charge is 0.492 e. The molecule has 2 heterocycles. The third kappa shape index (κ3) is 3.55. The quantitative estimate of drug-likeness (QED) is 0.838. The van der Waals surface area contributed by atoms with Crippen molar-refractivity contribution < 1.29 is 4.74 Å². The fourth-order valence-corrected chi connectivity index (χ4v) is 3.13. The van der Waals surface area contributed by atoms with Gasteiger partial charge in [0.05, 0.1) is 12.8 Å². The summed E-state index contributed by atoms with van der Waals surface area (Å²) in [5, 5.41) is 0. The number of nitrogens with zero attached hydrogens (tertiary/aromatic N) is 2. The zero-order chi connectivity index (χ0) is 15.3. The molecule has 0 bridgehead atoms. The van der Waals surface area contributed by atoms with Crippen molar-refractivity contribution >= 4 is 0 Å². The van der Waals surface area contributed by atoms with Crippen molar-refractivity contribution in [2.45, 2.75) is 58.0 Å². The summed E-state index contributed by atoms with van der Waals surface area (Å²) in [4.78, 5) is 6.85. The molecule has 21 heavy (non-hydrogen) atoms. The van der Waals surface area contributed by atoms with Gasteiger partial charge in [-0.3, -0.25) is 9.88 Å². The number of aromatic nitrogens is 1. The first-order valence-corrected chi connectivity index (χ1v) is 8.20. The number of nitrogens with two attached hydrogens (primary N) is 1. The van der Waals surface area contributed by atoms with Crippen LogP contribution in [-0.2, 0) is 0 Å². The number of hydrogen-bond acceptors (Lipinski definition) is 4. The SMILES string of the molecule is CCCOc1cncc(C(N)C(C)(CC)N2CCCC2)c1. The molecule has 1 aromatic heterocycles. The van der Waals surface area contributed by atoms with Crippen molar-refractivity contribution in [2.24, 2.45) is 5.73 Å². The van der Waals surface area contributed by atoms with Gasteiger partial charge in [0.25, 0.3) is 0 Å². The maximum absolute atomic E-state index is 6.62. The van der Waals surface area contributed by atoms with Gasteiger partial charge in [-0.15, -0.1) is 0 Å². The molecule has 0 amide bonds. The van der Waals surface area contributed by atoms with Gasteiger partial charge in [0.1, 0.15) is 5.75 Å². The van der Waals surface area contributed by atoms with E-state index in [9.17, 15) is 0 Å². The van der Waals surface area contributed by atoms with Crippen LogP contribution in [0.25, 0.3) is 0 Å². The molecular formula is C17H29N3O. The summed E-state index contributed by atoms with van der Waals surface area (Å²) >= 11 is 0. The number of rotatable bonds is 7. The van der Waals surface area contributed by atoms with Crippen LogP contribution in [0.3, 0.4) is 0 Å². The van der Waals surface area contributed by atoms with Crippen molar-refractivity contribution in [1.82, 2.24) is 9.88 Å². The van der Waals surface area contributed by atoms with Crippen LogP contribution >= 0.6 is 0 Å². The molecule has 4 heteroatoms. The van der Waals surface area contributed by atoms with Gasteiger partial charge in [-0.25, -0.2) is 0 Å². The molecule has 0 saturated carbocycles. The van der Waals surface area contributed by atoms with Crippen LogP contribution in [-0.4, -0.2) is 35.1 Å². The molecule has 1 saturated heterocycles. The first-order chi connectivity index (χ1) is 10.1. The number of pyridine rings is 1. The van der Waals surface area contributed by atoms with Crippen molar-refractivity contribution in [1.29, 1.82) is 0 Å². The summed E-state index contributed by atoms with van der Waals surface area (Å²) in [6, 6.07) is 2.01. The predicted molar refractivity (Wildman–Crippen MR) is 86.5 cm³/mol. The molecular weight excluding hydrogens is 262 g/mol. The van der Waals surface area contributed by atoms with E-state index >= 15 is 0 Å². The Hall–Kier alpha value is -1.13. The van der Waals surface area contributed by atoms with Crippen molar-refractivity contribution in [3.63, 3.8) is 0 Å². The third-order valence-electron chi connectivity index (χ3n) is 4.78. The van der Waals surface area contributed by atoms with E-state index in [0.29, 0.717) is 0 Å². The number of likely N-dealkylation sites (tertiary alicyclic amines) is 1. The first kappa shape index (κ1) is 16.2. The van der Waals surface area contributed by atoms with E-state index in [1.54, 1.807) is 6.20 Å². The molecule has 4 nitrogen and oxygen atoms in total. The van der Waals surface area contributed by atoms with Gasteiger partial charge in [0.2, 0.25) is 0 Å². The topological polar surface area (TPSA) is 51.4 Å². The molecule has 1 fully saturated rings. The Bertz CT molecular complexity index is 445. The standard InChI is InChI=1S/C17H29N3O/c1-4-10-21-15-11-14(12-19-13-15)16(18)17(3,5-2)20-8-6-7-9-20/h11-13,16H,4-10,18H2,1-3H3. The highest BCUT2D eigenvalue weighted by molar-refractivity contribution is 5.28. The van der Waals surface area contributed by atoms with Gasteiger partial charge in [-0.1, -0.05) is 13.8 Å². The molecule has 1 aromatic rings. The lowest BCUT2D eigenvalue weighted by atomic mass is 9.84. The van der Waals surface area contributed by atoms with Gasteiger partial charge in [0, 0.05) is 17.8 Å². The zero-order valence-corrected chi connectivity index (χ0v) is 13.6. The molecule has 0 aromatic carbocycles. The Balaban J connectivity index is 2.18. The van der Waals surface area contributed by atoms with E-state index in [-0.39, 0.29) is 11.6 Å². The van der Waals surface area contributed by atoms with Crippen LogP contribution in [0.5, 0.6) is 5.75 Å². The summed E-state index contributed by atoms with van der Waals surface area (Å²) in [5.41, 5.74) is 7.68. The average Bonchev–Trinajstić information content (AvgIpc) is 3.06. The molecule has 118 valence electrons. The monoisotopic (exact) mass is 291 g/mol. The second kappa shape index (κ2) is 7.23. The highest BCUT2D eigenvalue weighted by Gasteiger charge is 2.38. The lowest BCUT2D eigenvalue weighted by Gasteiger charge is -2.43. The van der Waals surface area contributed by atoms with Crippen LogP contribution in [0.1, 0.15) is 58.1 Å². The Kier molecular flexibility index (Phi) is 5.59. The van der Waals surface area contributed by atoms with Gasteiger partial charge in [0.15, 0.2) is 0 Å². The van der Waals surface area contributed by atoms with Crippen LogP contribution in [0, 0.1) is 0 Å². The van der Waals surface area contributed by atoms with Crippen molar-refractivity contribution in [2.75, 3.05) is 19.7 Å². The Morgan fingerprint density at radius 2 is 2.05 bits per heavy atom. The summed E-state index contributed by atoms with van der Waals surface area (Å²) in [5.74, 6) is 0.824. The van der Waals surface area contributed by atoms with Crippen molar-refractivity contribution in [3.05, 3.63) is 24.0 Å². The van der Waals surface area contributed by atoms with Gasteiger partial charge >= 0.3 is 0 Å². The van der Waals surface area contributed by atoms with Crippen molar-refractivity contribution in [3.8, 4) is 5.75 Å². The molecule has 0 radical (unpaired) electrons. The molecule has 0 aliphatic carbocycles. The van der Waals surface area contributed by atoms with E-state index in [1.165, 1.54) is 12.8 Å². The predicted octanol–water partition coefficient (Wildman–Crippen LogP) is 3.13. The smallest absolute Gasteiger partial charge is 0.137 e. The normalized spacial score (nSPS) is 20.2. The molecule has 2 rings (SSSR count). The molecule has 1 aliphatic rings. The summed E-state index contributed by atoms with van der Waals surface area (Å²) in [7, 11) is 0. The van der Waals surface area contributed by atoms with E-state index in [1.807, 2.05) is 6.20 Å². The van der Waals surface area contributed by atoms with E-state index in [4.69, 9.17) is 10.5 Å². The lowest BCUT2D eigenvalue weighted by molar-refractivity contribution is 0.0997. The molecule has 0 spiro atoms. The summed E-state index contributed by atoms with van der Waals surface area (Å²) in [6.07, 6.45) is 8.24. The second-order valence-electron chi connectivity index (χ2n) is 6.18. The molecule has 2 N–H and O–H groups in total. The summed E-state index contributed by atoms with van der Waals surface area (Å²) in [6.45, 7) is 9.63. The maximum atomic E-state index is 6.62. The van der Waals surface area contributed by atoms with Gasteiger partial charge in [-0.2, -0.15) is 0 Å². The maximum Gasteiger partial charge on any atom is 0.137 e. The van der Waals surface area contributed by atoms with Crippen LogP contribution in [0.4, 0.5) is 0 Å². The Morgan fingerprint density at radius 3 is 2.67 bits per heavy atom. The first-order valence-electron chi connectivity index (χ1n) is 8.20. The van der Waals surface area contributed by atoms with Gasteiger partial charge in [-0.05, 0) is 57.3 Å².